The molecule has 0 radical (unpaired) electrons. The summed E-state index contributed by atoms with van der Waals surface area (Å²) in [5.41, 5.74) is 0.383. The quantitative estimate of drug-likeness (QED) is 0.407. The van der Waals surface area contributed by atoms with E-state index in [2.05, 4.69) is 49.8 Å². The highest BCUT2D eigenvalue weighted by Crippen LogP contribution is 2.29. The van der Waals surface area contributed by atoms with E-state index in [1.54, 1.807) is 0 Å². The van der Waals surface area contributed by atoms with Gasteiger partial charge in [-0.15, -0.1) is 0 Å². The Balaban J connectivity index is 3.37. The van der Waals surface area contributed by atoms with Crippen LogP contribution in [-0.2, 0) is 4.43 Å². The smallest absolute Gasteiger partial charge is 0.170 e. The van der Waals surface area contributed by atoms with Crippen LogP contribution in [0.15, 0.2) is 0 Å². The topological polar surface area (TPSA) is 9.23 Å². The van der Waals surface area contributed by atoms with E-state index in [1.807, 2.05) is 0 Å². The van der Waals surface area contributed by atoms with Gasteiger partial charge in [0, 0.05) is 11.4 Å². The number of rotatable bonds is 6. The van der Waals surface area contributed by atoms with E-state index in [4.69, 9.17) is 4.43 Å². The van der Waals surface area contributed by atoms with Crippen LogP contribution in [0, 0.1) is 5.41 Å². The molecule has 0 saturated carbocycles. The molecule has 0 aliphatic carbocycles. The summed E-state index contributed by atoms with van der Waals surface area (Å²) in [5.74, 6) is 0. The molecule has 0 aliphatic heterocycles. The second kappa shape index (κ2) is 7.02. The van der Waals surface area contributed by atoms with Crippen molar-refractivity contribution in [3.05, 3.63) is 0 Å². The third kappa shape index (κ3) is 8.01. The van der Waals surface area contributed by atoms with Crippen molar-refractivity contribution in [2.24, 2.45) is 5.41 Å². The van der Waals surface area contributed by atoms with E-state index in [0.717, 1.165) is 6.61 Å². The van der Waals surface area contributed by atoms with Gasteiger partial charge in [-0.2, -0.15) is 0 Å². The summed E-state index contributed by atoms with van der Waals surface area (Å²) in [6.07, 6.45) is 3.74. The fourth-order valence-electron chi connectivity index (χ4n) is 1.18. The molecule has 0 spiro atoms. The molecule has 0 bridgehead atoms. The SMILES string of the molecule is C[SiH](C)OCCCCC(Br)C(C)(C)C. The van der Waals surface area contributed by atoms with E-state index in [9.17, 15) is 0 Å². The van der Waals surface area contributed by atoms with Crippen molar-refractivity contribution in [1.82, 2.24) is 0 Å². The molecule has 14 heavy (non-hydrogen) atoms. The lowest BCUT2D eigenvalue weighted by Gasteiger charge is -2.25. The summed E-state index contributed by atoms with van der Waals surface area (Å²) in [7, 11) is -0.783. The zero-order chi connectivity index (χ0) is 11.2. The molecule has 0 heterocycles. The normalized spacial score (nSPS) is 14.8. The summed E-state index contributed by atoms with van der Waals surface area (Å²) in [4.78, 5) is 0.631. The predicted molar refractivity (Wildman–Crippen MR) is 70.9 cm³/mol. The van der Waals surface area contributed by atoms with Crippen LogP contribution in [0.4, 0.5) is 0 Å². The Hall–Kier alpha value is 0.657. The highest BCUT2D eigenvalue weighted by Gasteiger charge is 2.20. The van der Waals surface area contributed by atoms with Crippen molar-refractivity contribution >= 4 is 25.0 Å². The molecule has 3 heteroatoms. The molecule has 0 amide bonds. The molecular formula is C11H25BrOSi. The second-order valence-corrected chi connectivity index (χ2v) is 8.79. The maximum Gasteiger partial charge on any atom is 0.170 e. The summed E-state index contributed by atoms with van der Waals surface area (Å²) in [6, 6.07) is 0. The van der Waals surface area contributed by atoms with Crippen LogP contribution in [-0.4, -0.2) is 20.5 Å². The Morgan fingerprint density at radius 3 is 2.21 bits per heavy atom. The first-order valence-electron chi connectivity index (χ1n) is 5.59. The maximum absolute atomic E-state index is 5.63. The summed E-state index contributed by atoms with van der Waals surface area (Å²) in [6.45, 7) is 12.3. The van der Waals surface area contributed by atoms with E-state index >= 15 is 0 Å². The zero-order valence-electron chi connectivity index (χ0n) is 10.3. The first-order valence-corrected chi connectivity index (χ1v) is 9.29. The highest BCUT2D eigenvalue weighted by atomic mass is 79.9. The monoisotopic (exact) mass is 280 g/mol. The molecule has 0 N–H and O–H groups in total. The molecule has 1 nitrogen and oxygen atoms in total. The fraction of sp³-hybridized carbons (Fsp3) is 1.00. The van der Waals surface area contributed by atoms with Crippen molar-refractivity contribution < 1.29 is 4.43 Å². The van der Waals surface area contributed by atoms with Crippen molar-refractivity contribution in [3.8, 4) is 0 Å². The van der Waals surface area contributed by atoms with Gasteiger partial charge < -0.3 is 4.43 Å². The molecule has 0 fully saturated rings. The molecule has 0 rings (SSSR count). The summed E-state index contributed by atoms with van der Waals surface area (Å²) < 4.78 is 5.63. The van der Waals surface area contributed by atoms with Crippen LogP contribution in [0.2, 0.25) is 13.1 Å². The Morgan fingerprint density at radius 1 is 1.21 bits per heavy atom. The first-order chi connectivity index (χ1) is 6.34. The lowest BCUT2D eigenvalue weighted by molar-refractivity contribution is 0.304. The van der Waals surface area contributed by atoms with Gasteiger partial charge in [-0.1, -0.05) is 43.1 Å². The number of hydrogen-bond acceptors (Lipinski definition) is 1. The van der Waals surface area contributed by atoms with Crippen LogP contribution in [0.1, 0.15) is 40.0 Å². The third-order valence-corrected chi connectivity index (χ3v) is 4.98. The number of halogens is 1. The van der Waals surface area contributed by atoms with Crippen molar-refractivity contribution in [1.29, 1.82) is 0 Å². The van der Waals surface area contributed by atoms with Gasteiger partial charge in [-0.25, -0.2) is 0 Å². The minimum Gasteiger partial charge on any atom is -0.421 e. The van der Waals surface area contributed by atoms with Crippen LogP contribution < -0.4 is 0 Å². The lowest BCUT2D eigenvalue weighted by Crippen LogP contribution is -2.20. The van der Waals surface area contributed by atoms with Gasteiger partial charge in [-0.3, -0.25) is 0 Å². The molecule has 0 aromatic heterocycles. The van der Waals surface area contributed by atoms with Crippen LogP contribution in [0.3, 0.4) is 0 Å². The molecule has 0 aromatic rings. The fourth-order valence-corrected chi connectivity index (χ4v) is 2.14. The van der Waals surface area contributed by atoms with Crippen molar-refractivity contribution in [3.63, 3.8) is 0 Å². The zero-order valence-corrected chi connectivity index (χ0v) is 13.0. The Morgan fingerprint density at radius 2 is 1.79 bits per heavy atom. The molecule has 0 saturated heterocycles. The average molecular weight is 281 g/mol. The summed E-state index contributed by atoms with van der Waals surface area (Å²) >= 11 is 3.75. The van der Waals surface area contributed by atoms with E-state index in [-0.39, 0.29) is 0 Å². The first kappa shape index (κ1) is 14.7. The van der Waals surface area contributed by atoms with Gasteiger partial charge in [-0.05, 0) is 31.4 Å². The Bertz CT molecular complexity index is 143. The van der Waals surface area contributed by atoms with Gasteiger partial charge in [0.05, 0.1) is 0 Å². The van der Waals surface area contributed by atoms with Gasteiger partial charge in [0.2, 0.25) is 0 Å². The van der Waals surface area contributed by atoms with Gasteiger partial charge in [0.15, 0.2) is 9.04 Å². The molecule has 0 aromatic carbocycles. The largest absolute Gasteiger partial charge is 0.421 e. The molecule has 0 aliphatic rings. The van der Waals surface area contributed by atoms with Crippen LogP contribution >= 0.6 is 15.9 Å². The lowest BCUT2D eigenvalue weighted by atomic mass is 9.89. The second-order valence-electron chi connectivity index (χ2n) is 5.25. The molecule has 1 unspecified atom stereocenters. The van der Waals surface area contributed by atoms with Gasteiger partial charge in [0.1, 0.15) is 0 Å². The van der Waals surface area contributed by atoms with Gasteiger partial charge >= 0.3 is 0 Å². The molecule has 1 atom stereocenters. The molecule has 86 valence electrons. The minimum absolute atomic E-state index is 0.383. The van der Waals surface area contributed by atoms with Crippen LogP contribution in [0.25, 0.3) is 0 Å². The van der Waals surface area contributed by atoms with Crippen molar-refractivity contribution in [2.45, 2.75) is 58.0 Å². The van der Waals surface area contributed by atoms with E-state index in [1.165, 1.54) is 19.3 Å². The third-order valence-electron chi connectivity index (χ3n) is 2.24. The van der Waals surface area contributed by atoms with Gasteiger partial charge in [0.25, 0.3) is 0 Å². The summed E-state index contributed by atoms with van der Waals surface area (Å²) in [5, 5.41) is 0. The molecular weight excluding hydrogens is 256 g/mol. The number of unbranched alkanes of at least 4 members (excludes halogenated alkanes) is 1. The van der Waals surface area contributed by atoms with Crippen LogP contribution in [0.5, 0.6) is 0 Å². The average Bonchev–Trinajstić information content (AvgIpc) is 2.01. The maximum atomic E-state index is 5.63. The number of alkyl halides is 1. The minimum atomic E-state index is -0.783. The predicted octanol–water partition coefficient (Wildman–Crippen LogP) is 3.97. The number of hydrogen-bond donors (Lipinski definition) is 0. The Kier molecular flexibility index (Phi) is 7.35. The van der Waals surface area contributed by atoms with Crippen molar-refractivity contribution in [2.75, 3.05) is 6.61 Å². The standard InChI is InChI=1S/C11H25BrOSi/c1-11(2,3)10(12)8-6-7-9-13-14(4)5/h10,14H,6-9H2,1-5H3. The van der Waals surface area contributed by atoms with E-state index < -0.39 is 9.04 Å². The highest BCUT2D eigenvalue weighted by molar-refractivity contribution is 9.09. The van der Waals surface area contributed by atoms with E-state index in [0.29, 0.717) is 10.2 Å². The Labute approximate surface area is 99.5 Å².